The summed E-state index contributed by atoms with van der Waals surface area (Å²) in [5.74, 6) is 0.737. The molecule has 0 bridgehead atoms. The van der Waals surface area contributed by atoms with E-state index >= 15 is 0 Å². The van der Waals surface area contributed by atoms with Crippen LogP contribution in [0.25, 0.3) is 11.7 Å². The zero-order valence-corrected chi connectivity index (χ0v) is 14.7. The van der Waals surface area contributed by atoms with Gasteiger partial charge in [-0.1, -0.05) is 31.5 Å². The number of carbonyl (C=O) groups excluding carboxylic acids is 2. The van der Waals surface area contributed by atoms with Gasteiger partial charge in [-0.25, -0.2) is 4.79 Å². The molecular weight excluding hydrogens is 344 g/mol. The molecular formula is C16H20N4O4S. The minimum atomic E-state index is -0.453. The number of aromatic nitrogens is 2. The topological polar surface area (TPSA) is 110 Å². The van der Waals surface area contributed by atoms with Gasteiger partial charge in [0.2, 0.25) is 5.91 Å². The molecule has 8 nitrogen and oxygen atoms in total. The zero-order chi connectivity index (χ0) is 17.6. The number of urea groups is 1. The Balaban J connectivity index is 1.42. The molecule has 0 aliphatic heterocycles. The monoisotopic (exact) mass is 364 g/mol. The van der Waals surface area contributed by atoms with Gasteiger partial charge in [-0.05, 0) is 30.9 Å². The van der Waals surface area contributed by atoms with Crippen LogP contribution < -0.4 is 10.6 Å². The SMILES string of the molecule is CC1CCCCC1NC(=O)NC(=O)CSc1nnc(-c2ccco2)o1. The maximum absolute atomic E-state index is 11.9. The summed E-state index contributed by atoms with van der Waals surface area (Å²) in [4.78, 5) is 23.8. The molecule has 2 aromatic rings. The summed E-state index contributed by atoms with van der Waals surface area (Å²) in [5.41, 5.74) is 0. The van der Waals surface area contributed by atoms with Gasteiger partial charge < -0.3 is 14.2 Å². The highest BCUT2D eigenvalue weighted by Gasteiger charge is 2.23. The summed E-state index contributed by atoms with van der Waals surface area (Å²) in [5, 5.41) is 13.1. The fourth-order valence-electron chi connectivity index (χ4n) is 2.79. The molecule has 2 unspecified atom stereocenters. The first-order valence-corrected chi connectivity index (χ1v) is 9.21. The Morgan fingerprint density at radius 3 is 2.92 bits per heavy atom. The number of furan rings is 1. The molecule has 2 atom stereocenters. The Morgan fingerprint density at radius 2 is 2.16 bits per heavy atom. The van der Waals surface area contributed by atoms with E-state index in [2.05, 4.69) is 27.8 Å². The largest absolute Gasteiger partial charge is 0.459 e. The molecule has 2 heterocycles. The molecule has 0 spiro atoms. The quantitative estimate of drug-likeness (QED) is 0.785. The van der Waals surface area contributed by atoms with E-state index in [1.807, 2.05) is 0 Å². The van der Waals surface area contributed by atoms with E-state index < -0.39 is 11.9 Å². The highest BCUT2D eigenvalue weighted by molar-refractivity contribution is 7.99. The number of thioether (sulfide) groups is 1. The van der Waals surface area contributed by atoms with Crippen molar-refractivity contribution < 1.29 is 18.4 Å². The number of nitrogens with zero attached hydrogens (tertiary/aromatic N) is 2. The van der Waals surface area contributed by atoms with Crippen molar-refractivity contribution in [3.8, 4) is 11.7 Å². The van der Waals surface area contributed by atoms with Crippen molar-refractivity contribution in [2.45, 2.75) is 43.9 Å². The fraction of sp³-hybridized carbons (Fsp3) is 0.500. The molecule has 0 radical (unpaired) electrons. The van der Waals surface area contributed by atoms with Crippen molar-refractivity contribution in [2.75, 3.05) is 5.75 Å². The van der Waals surface area contributed by atoms with Crippen LogP contribution in [0.1, 0.15) is 32.6 Å². The maximum Gasteiger partial charge on any atom is 0.321 e. The lowest BCUT2D eigenvalue weighted by Gasteiger charge is -2.29. The normalized spacial score (nSPS) is 20.2. The molecule has 1 aliphatic rings. The van der Waals surface area contributed by atoms with Crippen LogP contribution in [0.4, 0.5) is 4.79 Å². The number of hydrogen-bond acceptors (Lipinski definition) is 7. The number of carbonyl (C=O) groups is 2. The number of imide groups is 1. The molecule has 1 saturated carbocycles. The van der Waals surface area contributed by atoms with Crippen LogP contribution in [0, 0.1) is 5.92 Å². The molecule has 1 aliphatic carbocycles. The van der Waals surface area contributed by atoms with E-state index in [0.717, 1.165) is 31.0 Å². The standard InChI is InChI=1S/C16H20N4O4S/c1-10-5-2-3-6-11(10)17-15(22)18-13(21)9-25-16-20-19-14(24-16)12-7-4-8-23-12/h4,7-8,10-11H,2-3,5-6,9H2,1H3,(H2,17,18,21,22). The molecule has 2 aromatic heterocycles. The van der Waals surface area contributed by atoms with Gasteiger partial charge in [-0.3, -0.25) is 10.1 Å². The van der Waals surface area contributed by atoms with Gasteiger partial charge in [0.15, 0.2) is 5.76 Å². The van der Waals surface area contributed by atoms with Crippen molar-refractivity contribution >= 4 is 23.7 Å². The third-order valence-electron chi connectivity index (χ3n) is 4.15. The number of amides is 3. The number of rotatable bonds is 5. The predicted molar refractivity (Wildman–Crippen MR) is 90.8 cm³/mol. The Labute approximate surface area is 149 Å². The lowest BCUT2D eigenvalue weighted by atomic mass is 9.86. The van der Waals surface area contributed by atoms with E-state index in [4.69, 9.17) is 8.83 Å². The Morgan fingerprint density at radius 1 is 1.32 bits per heavy atom. The van der Waals surface area contributed by atoms with Gasteiger partial charge in [0, 0.05) is 6.04 Å². The van der Waals surface area contributed by atoms with Crippen LogP contribution in [0.3, 0.4) is 0 Å². The second kappa shape index (κ2) is 8.19. The first kappa shape index (κ1) is 17.5. The summed E-state index contributed by atoms with van der Waals surface area (Å²) < 4.78 is 10.5. The molecule has 25 heavy (non-hydrogen) atoms. The van der Waals surface area contributed by atoms with E-state index in [1.165, 1.54) is 12.7 Å². The molecule has 2 N–H and O–H groups in total. The van der Waals surface area contributed by atoms with Crippen molar-refractivity contribution in [3.63, 3.8) is 0 Å². The Kier molecular flexibility index (Phi) is 5.75. The Hall–Kier alpha value is -2.29. The van der Waals surface area contributed by atoms with Crippen LogP contribution in [-0.4, -0.2) is 33.9 Å². The number of nitrogens with one attached hydrogen (secondary N) is 2. The smallest absolute Gasteiger partial charge is 0.321 e. The van der Waals surface area contributed by atoms with Crippen LogP contribution in [0.5, 0.6) is 0 Å². The molecule has 3 rings (SSSR count). The van der Waals surface area contributed by atoms with Crippen molar-refractivity contribution in [1.29, 1.82) is 0 Å². The van der Waals surface area contributed by atoms with Gasteiger partial charge in [0.25, 0.3) is 11.1 Å². The molecule has 9 heteroatoms. The molecule has 0 saturated heterocycles. The van der Waals surface area contributed by atoms with Crippen LogP contribution in [0.2, 0.25) is 0 Å². The van der Waals surface area contributed by atoms with E-state index in [1.54, 1.807) is 12.1 Å². The highest BCUT2D eigenvalue weighted by Crippen LogP contribution is 2.24. The number of hydrogen-bond donors (Lipinski definition) is 2. The van der Waals surface area contributed by atoms with E-state index in [9.17, 15) is 9.59 Å². The summed E-state index contributed by atoms with van der Waals surface area (Å²) in [7, 11) is 0. The summed E-state index contributed by atoms with van der Waals surface area (Å²) >= 11 is 1.06. The van der Waals surface area contributed by atoms with Gasteiger partial charge in [0.1, 0.15) is 0 Å². The minimum absolute atomic E-state index is 0.00737. The van der Waals surface area contributed by atoms with E-state index in [-0.39, 0.29) is 22.9 Å². The second-order valence-electron chi connectivity index (χ2n) is 6.03. The van der Waals surface area contributed by atoms with Crippen molar-refractivity contribution in [3.05, 3.63) is 18.4 Å². The molecule has 3 amide bonds. The average molecular weight is 364 g/mol. The van der Waals surface area contributed by atoms with Crippen LogP contribution in [0.15, 0.2) is 32.5 Å². The highest BCUT2D eigenvalue weighted by atomic mass is 32.2. The first-order valence-electron chi connectivity index (χ1n) is 8.22. The van der Waals surface area contributed by atoms with E-state index in [0.29, 0.717) is 11.7 Å². The second-order valence-corrected chi connectivity index (χ2v) is 6.96. The maximum atomic E-state index is 11.9. The van der Waals surface area contributed by atoms with Crippen molar-refractivity contribution in [1.82, 2.24) is 20.8 Å². The van der Waals surface area contributed by atoms with Gasteiger partial charge in [-0.15, -0.1) is 10.2 Å². The summed E-state index contributed by atoms with van der Waals surface area (Å²) in [6, 6.07) is 3.09. The van der Waals surface area contributed by atoms with Crippen LogP contribution >= 0.6 is 11.8 Å². The molecule has 0 aromatic carbocycles. The summed E-state index contributed by atoms with van der Waals surface area (Å²) in [6.45, 7) is 2.12. The first-order chi connectivity index (χ1) is 12.1. The van der Waals surface area contributed by atoms with Crippen LogP contribution in [-0.2, 0) is 4.79 Å². The Bertz CT molecular complexity index is 716. The fourth-order valence-corrected chi connectivity index (χ4v) is 3.36. The predicted octanol–water partition coefficient (Wildman–Crippen LogP) is 2.83. The third kappa shape index (κ3) is 4.85. The molecule has 134 valence electrons. The zero-order valence-electron chi connectivity index (χ0n) is 13.9. The van der Waals surface area contributed by atoms with Crippen molar-refractivity contribution in [2.24, 2.45) is 5.92 Å². The summed E-state index contributed by atoms with van der Waals surface area (Å²) in [6.07, 6.45) is 5.86. The van der Waals surface area contributed by atoms with Gasteiger partial charge in [0.05, 0.1) is 12.0 Å². The van der Waals surface area contributed by atoms with Gasteiger partial charge >= 0.3 is 6.03 Å². The molecule has 1 fully saturated rings. The minimum Gasteiger partial charge on any atom is -0.459 e. The lowest BCUT2D eigenvalue weighted by Crippen LogP contribution is -2.48. The third-order valence-corrected chi connectivity index (χ3v) is 4.96. The van der Waals surface area contributed by atoms with Gasteiger partial charge in [-0.2, -0.15) is 0 Å². The lowest BCUT2D eigenvalue weighted by molar-refractivity contribution is -0.117. The average Bonchev–Trinajstić information content (AvgIpc) is 3.26.